The van der Waals surface area contributed by atoms with E-state index in [0.29, 0.717) is 11.1 Å². The fourth-order valence-corrected chi connectivity index (χ4v) is 2.24. The number of aryl methyl sites for hydroxylation is 1. The SMILES string of the molecule is CCCc1ccc(C(=O)Cl)cc1C[SH](=O)=O. The van der Waals surface area contributed by atoms with Crippen LogP contribution in [-0.2, 0) is 22.9 Å². The lowest BCUT2D eigenvalue weighted by Gasteiger charge is -2.07. The Balaban J connectivity index is 3.14. The van der Waals surface area contributed by atoms with Crippen LogP contribution in [0.15, 0.2) is 18.2 Å². The Labute approximate surface area is 101 Å². The van der Waals surface area contributed by atoms with E-state index in [-0.39, 0.29) is 5.75 Å². The maximum Gasteiger partial charge on any atom is 0.252 e. The van der Waals surface area contributed by atoms with Crippen LogP contribution >= 0.6 is 11.6 Å². The van der Waals surface area contributed by atoms with Crippen molar-refractivity contribution in [2.24, 2.45) is 0 Å². The second kappa shape index (κ2) is 6.01. The molecular formula is C11H13ClO3S. The standard InChI is InChI=1S/C11H13ClO3S/c1-2-3-8-4-5-9(11(12)13)6-10(8)7-16(14)15/h4-6,16H,2-3,7H2,1H3. The van der Waals surface area contributed by atoms with Gasteiger partial charge in [0.05, 0.1) is 5.75 Å². The zero-order valence-electron chi connectivity index (χ0n) is 8.90. The van der Waals surface area contributed by atoms with Gasteiger partial charge < -0.3 is 0 Å². The minimum atomic E-state index is -2.49. The summed E-state index contributed by atoms with van der Waals surface area (Å²) in [6, 6.07) is 4.96. The normalized spacial score (nSPS) is 10.7. The maximum absolute atomic E-state index is 11.0. The third-order valence-corrected chi connectivity index (χ3v) is 3.07. The van der Waals surface area contributed by atoms with Gasteiger partial charge in [0.25, 0.3) is 5.24 Å². The summed E-state index contributed by atoms with van der Waals surface area (Å²) in [4.78, 5) is 11.0. The summed E-state index contributed by atoms with van der Waals surface area (Å²) < 4.78 is 21.5. The molecule has 1 rings (SSSR count). The molecule has 0 saturated carbocycles. The van der Waals surface area contributed by atoms with Gasteiger partial charge in [0.15, 0.2) is 0 Å². The van der Waals surface area contributed by atoms with Gasteiger partial charge in [0.1, 0.15) is 10.7 Å². The van der Waals surface area contributed by atoms with E-state index in [4.69, 9.17) is 11.6 Å². The molecule has 0 bridgehead atoms. The summed E-state index contributed by atoms with van der Waals surface area (Å²) in [5, 5.41) is -0.564. The van der Waals surface area contributed by atoms with E-state index in [0.717, 1.165) is 18.4 Å². The molecular weight excluding hydrogens is 248 g/mol. The molecule has 5 heteroatoms. The van der Waals surface area contributed by atoms with E-state index in [1.807, 2.05) is 6.92 Å². The van der Waals surface area contributed by atoms with Gasteiger partial charge in [-0.05, 0) is 41.3 Å². The lowest BCUT2D eigenvalue weighted by Crippen LogP contribution is -1.99. The van der Waals surface area contributed by atoms with Gasteiger partial charge in [-0.3, -0.25) is 4.79 Å². The molecule has 0 fully saturated rings. The van der Waals surface area contributed by atoms with Crippen molar-refractivity contribution in [1.82, 2.24) is 0 Å². The molecule has 0 N–H and O–H groups in total. The van der Waals surface area contributed by atoms with Gasteiger partial charge >= 0.3 is 0 Å². The molecule has 0 aliphatic carbocycles. The number of rotatable bonds is 5. The molecule has 0 aliphatic rings. The quantitative estimate of drug-likeness (QED) is 0.652. The van der Waals surface area contributed by atoms with Crippen molar-refractivity contribution >= 4 is 27.5 Å². The van der Waals surface area contributed by atoms with Crippen LogP contribution in [-0.4, -0.2) is 13.7 Å². The molecule has 0 spiro atoms. The fourth-order valence-electron chi connectivity index (χ4n) is 1.55. The molecule has 0 amide bonds. The summed E-state index contributed by atoms with van der Waals surface area (Å²) in [5.74, 6) is -0.0390. The molecule has 0 saturated heterocycles. The molecule has 0 radical (unpaired) electrons. The fraction of sp³-hybridized carbons (Fsp3) is 0.364. The topological polar surface area (TPSA) is 51.2 Å². The zero-order valence-corrected chi connectivity index (χ0v) is 10.6. The zero-order chi connectivity index (χ0) is 12.1. The molecule has 16 heavy (non-hydrogen) atoms. The predicted octanol–water partition coefficient (Wildman–Crippen LogP) is 2.13. The Kier molecular flexibility index (Phi) is 4.96. The van der Waals surface area contributed by atoms with Crippen LogP contribution in [0.1, 0.15) is 34.8 Å². The molecule has 88 valence electrons. The second-order valence-corrected chi connectivity index (χ2v) is 4.82. The maximum atomic E-state index is 11.0. The van der Waals surface area contributed by atoms with Crippen molar-refractivity contribution in [2.45, 2.75) is 25.5 Å². The van der Waals surface area contributed by atoms with Gasteiger partial charge in [-0.1, -0.05) is 19.4 Å². The summed E-state index contributed by atoms with van der Waals surface area (Å²) in [7, 11) is -2.49. The lowest BCUT2D eigenvalue weighted by atomic mass is 10.0. The lowest BCUT2D eigenvalue weighted by molar-refractivity contribution is 0.108. The summed E-state index contributed by atoms with van der Waals surface area (Å²) in [6.07, 6.45) is 1.73. The average Bonchev–Trinajstić information content (AvgIpc) is 2.19. The van der Waals surface area contributed by atoms with Crippen molar-refractivity contribution in [2.75, 3.05) is 0 Å². The minimum Gasteiger partial charge on any atom is -0.276 e. The number of halogens is 1. The molecule has 0 aromatic heterocycles. The number of carbonyl (C=O) groups excluding carboxylic acids is 1. The van der Waals surface area contributed by atoms with E-state index in [1.54, 1.807) is 18.2 Å². The molecule has 0 unspecified atom stereocenters. The first-order valence-electron chi connectivity index (χ1n) is 4.98. The van der Waals surface area contributed by atoms with Crippen LogP contribution < -0.4 is 0 Å². The summed E-state index contributed by atoms with van der Waals surface area (Å²) in [5.41, 5.74) is 1.97. The Bertz CT molecular complexity index is 458. The predicted molar refractivity (Wildman–Crippen MR) is 64.6 cm³/mol. The van der Waals surface area contributed by atoms with Gasteiger partial charge in [-0.2, -0.15) is 0 Å². The molecule has 1 aromatic rings. The average molecular weight is 261 g/mol. The molecule has 3 nitrogen and oxygen atoms in total. The summed E-state index contributed by atoms with van der Waals surface area (Å²) >= 11 is 5.35. The van der Waals surface area contributed by atoms with Crippen LogP contribution in [0.4, 0.5) is 0 Å². The van der Waals surface area contributed by atoms with E-state index in [1.165, 1.54) is 0 Å². The largest absolute Gasteiger partial charge is 0.276 e. The first-order valence-corrected chi connectivity index (χ1v) is 6.72. The van der Waals surface area contributed by atoms with Gasteiger partial charge in [0, 0.05) is 5.56 Å². The van der Waals surface area contributed by atoms with E-state index in [9.17, 15) is 13.2 Å². The highest BCUT2D eigenvalue weighted by Crippen LogP contribution is 2.16. The second-order valence-electron chi connectivity index (χ2n) is 3.50. The van der Waals surface area contributed by atoms with Crippen LogP contribution in [0, 0.1) is 0 Å². The van der Waals surface area contributed by atoms with Crippen molar-refractivity contribution < 1.29 is 13.2 Å². The molecule has 0 heterocycles. The first-order chi connectivity index (χ1) is 7.54. The summed E-state index contributed by atoms with van der Waals surface area (Å²) in [6.45, 7) is 2.02. The Morgan fingerprint density at radius 2 is 2.00 bits per heavy atom. The minimum absolute atomic E-state index is 0.0390. The van der Waals surface area contributed by atoms with E-state index < -0.39 is 15.9 Å². The smallest absolute Gasteiger partial charge is 0.252 e. The Hall–Kier alpha value is -0.870. The van der Waals surface area contributed by atoms with Crippen LogP contribution in [0.2, 0.25) is 0 Å². The van der Waals surface area contributed by atoms with E-state index in [2.05, 4.69) is 0 Å². The number of hydrogen-bond acceptors (Lipinski definition) is 3. The third kappa shape index (κ3) is 3.61. The van der Waals surface area contributed by atoms with Gasteiger partial charge in [0.2, 0.25) is 0 Å². The van der Waals surface area contributed by atoms with Gasteiger partial charge in [-0.15, -0.1) is 0 Å². The number of thiol groups is 1. The number of hydrogen-bond donors (Lipinski definition) is 1. The Morgan fingerprint density at radius 1 is 1.31 bits per heavy atom. The van der Waals surface area contributed by atoms with Crippen LogP contribution in [0.3, 0.4) is 0 Å². The highest BCUT2D eigenvalue weighted by Gasteiger charge is 2.08. The number of benzene rings is 1. The highest BCUT2D eigenvalue weighted by atomic mass is 35.5. The Morgan fingerprint density at radius 3 is 2.50 bits per heavy atom. The first kappa shape index (κ1) is 13.2. The molecule has 0 aliphatic heterocycles. The monoisotopic (exact) mass is 260 g/mol. The molecule has 1 aromatic carbocycles. The van der Waals surface area contributed by atoms with Crippen molar-refractivity contribution in [3.8, 4) is 0 Å². The van der Waals surface area contributed by atoms with Crippen molar-refractivity contribution in [1.29, 1.82) is 0 Å². The van der Waals surface area contributed by atoms with Gasteiger partial charge in [-0.25, -0.2) is 8.42 Å². The number of carbonyl (C=O) groups is 1. The highest BCUT2D eigenvalue weighted by molar-refractivity contribution is 7.71. The third-order valence-electron chi connectivity index (χ3n) is 2.25. The van der Waals surface area contributed by atoms with Crippen LogP contribution in [0.5, 0.6) is 0 Å². The van der Waals surface area contributed by atoms with Crippen molar-refractivity contribution in [3.63, 3.8) is 0 Å². The van der Waals surface area contributed by atoms with E-state index >= 15 is 0 Å². The van der Waals surface area contributed by atoms with Crippen LogP contribution in [0.25, 0.3) is 0 Å². The van der Waals surface area contributed by atoms with Crippen molar-refractivity contribution in [3.05, 3.63) is 34.9 Å². The molecule has 0 atom stereocenters.